The molecule has 0 atom stereocenters. The Balaban J connectivity index is 1.49. The quantitative estimate of drug-likeness (QED) is 0.575. The van der Waals surface area contributed by atoms with E-state index in [0.29, 0.717) is 28.8 Å². The molecule has 2 aromatic rings. The summed E-state index contributed by atoms with van der Waals surface area (Å²) >= 11 is 7.30. The number of carbonyl (C=O) groups is 2. The van der Waals surface area contributed by atoms with E-state index in [2.05, 4.69) is 10.6 Å². The van der Waals surface area contributed by atoms with Gasteiger partial charge in [-0.2, -0.15) is 0 Å². The average Bonchev–Trinajstić information content (AvgIpc) is 2.76. The van der Waals surface area contributed by atoms with E-state index in [1.54, 1.807) is 18.2 Å². The highest BCUT2D eigenvalue weighted by atomic mass is 35.5. The van der Waals surface area contributed by atoms with Gasteiger partial charge in [0.2, 0.25) is 5.91 Å². The summed E-state index contributed by atoms with van der Waals surface area (Å²) in [7, 11) is 0. The number of rotatable bonds is 8. The van der Waals surface area contributed by atoms with E-state index < -0.39 is 0 Å². The predicted octanol–water partition coefficient (Wildman–Crippen LogP) is 5.06. The highest BCUT2D eigenvalue weighted by Crippen LogP contribution is 2.24. The van der Waals surface area contributed by atoms with Crippen LogP contribution in [-0.2, 0) is 11.3 Å². The number of carbonyl (C=O) groups excluding carboxylic acids is 2. The van der Waals surface area contributed by atoms with Gasteiger partial charge in [0, 0.05) is 23.0 Å². The van der Waals surface area contributed by atoms with Gasteiger partial charge in [-0.1, -0.05) is 55.1 Å². The maximum Gasteiger partial charge on any atom is 0.252 e. The number of hydrogen-bond donors (Lipinski definition) is 2. The lowest BCUT2D eigenvalue weighted by Gasteiger charge is -2.21. The molecule has 1 aliphatic carbocycles. The Hall–Kier alpha value is -1.98. The van der Waals surface area contributed by atoms with E-state index in [4.69, 9.17) is 11.6 Å². The number of benzene rings is 2. The molecule has 0 heterocycles. The predicted molar refractivity (Wildman–Crippen MR) is 119 cm³/mol. The second-order valence-corrected chi connectivity index (χ2v) is 8.86. The fraction of sp³-hybridized carbons (Fsp3) is 0.391. The Kier molecular flexibility index (Phi) is 8.44. The van der Waals surface area contributed by atoms with Gasteiger partial charge in [0.25, 0.3) is 5.91 Å². The van der Waals surface area contributed by atoms with Crippen LogP contribution in [-0.4, -0.2) is 24.1 Å². The lowest BCUT2D eigenvalue weighted by atomic mass is 9.89. The summed E-state index contributed by atoms with van der Waals surface area (Å²) in [4.78, 5) is 25.7. The van der Waals surface area contributed by atoms with Crippen LogP contribution < -0.4 is 10.6 Å². The van der Waals surface area contributed by atoms with Crippen LogP contribution in [0, 0.1) is 5.92 Å². The smallest absolute Gasteiger partial charge is 0.252 e. The van der Waals surface area contributed by atoms with Crippen molar-refractivity contribution < 1.29 is 9.59 Å². The van der Waals surface area contributed by atoms with E-state index in [1.165, 1.54) is 43.9 Å². The second-order valence-electron chi connectivity index (χ2n) is 7.40. The second kappa shape index (κ2) is 11.3. The zero-order valence-electron chi connectivity index (χ0n) is 16.5. The van der Waals surface area contributed by atoms with Crippen molar-refractivity contribution in [2.75, 3.05) is 12.3 Å². The normalized spacial score (nSPS) is 14.4. The Bertz CT molecular complexity index is 820. The van der Waals surface area contributed by atoms with Crippen LogP contribution >= 0.6 is 23.4 Å². The molecule has 1 fully saturated rings. The summed E-state index contributed by atoms with van der Waals surface area (Å²) < 4.78 is 0. The maximum absolute atomic E-state index is 12.6. The van der Waals surface area contributed by atoms with Gasteiger partial charge in [-0.05, 0) is 48.6 Å². The van der Waals surface area contributed by atoms with Crippen molar-refractivity contribution in [3.05, 3.63) is 64.7 Å². The van der Waals surface area contributed by atoms with Crippen molar-refractivity contribution in [1.29, 1.82) is 0 Å². The van der Waals surface area contributed by atoms with E-state index in [1.807, 2.05) is 30.3 Å². The molecule has 3 rings (SSSR count). The van der Waals surface area contributed by atoms with Crippen molar-refractivity contribution >= 4 is 35.2 Å². The zero-order valence-corrected chi connectivity index (χ0v) is 18.0. The highest BCUT2D eigenvalue weighted by molar-refractivity contribution is 8.00. The molecule has 1 saturated carbocycles. The molecular weight excluding hydrogens is 404 g/mol. The van der Waals surface area contributed by atoms with Crippen molar-refractivity contribution in [1.82, 2.24) is 10.6 Å². The van der Waals surface area contributed by atoms with Crippen LogP contribution in [0.5, 0.6) is 0 Å². The van der Waals surface area contributed by atoms with Crippen LogP contribution in [0.1, 0.15) is 48.0 Å². The first kappa shape index (κ1) is 21.7. The molecule has 0 saturated heterocycles. The number of halogens is 1. The molecule has 4 nitrogen and oxygen atoms in total. The van der Waals surface area contributed by atoms with Gasteiger partial charge in [-0.25, -0.2) is 0 Å². The van der Waals surface area contributed by atoms with Gasteiger partial charge in [0.15, 0.2) is 0 Å². The average molecular weight is 431 g/mol. The number of hydrogen-bond acceptors (Lipinski definition) is 3. The largest absolute Gasteiger partial charge is 0.355 e. The monoisotopic (exact) mass is 430 g/mol. The molecule has 0 aliphatic heterocycles. The maximum atomic E-state index is 12.6. The summed E-state index contributed by atoms with van der Waals surface area (Å²) in [6, 6.07) is 14.8. The first-order valence-corrected chi connectivity index (χ1v) is 11.5. The lowest BCUT2D eigenvalue weighted by Crippen LogP contribution is -2.31. The number of nitrogens with one attached hydrogen (secondary N) is 2. The minimum atomic E-state index is -0.148. The van der Waals surface area contributed by atoms with E-state index in [-0.39, 0.29) is 11.8 Å². The molecule has 2 aromatic carbocycles. The van der Waals surface area contributed by atoms with Gasteiger partial charge >= 0.3 is 0 Å². The molecule has 2 N–H and O–H groups in total. The Morgan fingerprint density at radius 1 is 0.966 bits per heavy atom. The fourth-order valence-electron chi connectivity index (χ4n) is 3.50. The third-order valence-corrected chi connectivity index (χ3v) is 6.49. The van der Waals surface area contributed by atoms with Crippen LogP contribution in [0.25, 0.3) is 0 Å². The molecule has 0 spiro atoms. The van der Waals surface area contributed by atoms with Gasteiger partial charge < -0.3 is 10.6 Å². The standard InChI is InChI=1S/C23H27ClN2O2S/c24-19-12-10-18(11-13-19)15-26-23(28)20-8-4-5-9-21(20)29-16-22(27)25-14-17-6-2-1-3-7-17/h4-5,8-13,17H,1-3,6-7,14-16H2,(H,25,27)(H,26,28). The minimum absolute atomic E-state index is 0.0250. The molecule has 0 bridgehead atoms. The van der Waals surface area contributed by atoms with Crippen molar-refractivity contribution in [2.45, 2.75) is 43.5 Å². The van der Waals surface area contributed by atoms with Crippen LogP contribution in [0.3, 0.4) is 0 Å². The molecule has 0 unspecified atom stereocenters. The molecule has 2 amide bonds. The molecule has 0 aromatic heterocycles. The number of amides is 2. The van der Waals surface area contributed by atoms with Crippen molar-refractivity contribution in [3.63, 3.8) is 0 Å². The Morgan fingerprint density at radius 2 is 1.69 bits per heavy atom. The molecule has 1 aliphatic rings. The Labute approximate surface area is 181 Å². The third-order valence-electron chi connectivity index (χ3n) is 5.17. The van der Waals surface area contributed by atoms with Gasteiger partial charge in [-0.3, -0.25) is 9.59 Å². The topological polar surface area (TPSA) is 58.2 Å². The molecular formula is C23H27ClN2O2S. The molecule has 0 radical (unpaired) electrons. The van der Waals surface area contributed by atoms with Gasteiger partial charge in [0.05, 0.1) is 11.3 Å². The van der Waals surface area contributed by atoms with E-state index >= 15 is 0 Å². The van der Waals surface area contributed by atoms with Crippen LogP contribution in [0.4, 0.5) is 0 Å². The third kappa shape index (κ3) is 7.09. The first-order chi connectivity index (χ1) is 14.1. The fourth-order valence-corrected chi connectivity index (χ4v) is 4.51. The molecule has 154 valence electrons. The lowest BCUT2D eigenvalue weighted by molar-refractivity contribution is -0.118. The van der Waals surface area contributed by atoms with Crippen molar-refractivity contribution in [2.24, 2.45) is 5.92 Å². The van der Waals surface area contributed by atoms with Crippen molar-refractivity contribution in [3.8, 4) is 0 Å². The minimum Gasteiger partial charge on any atom is -0.355 e. The summed E-state index contributed by atoms with van der Waals surface area (Å²) in [5.74, 6) is 0.806. The Morgan fingerprint density at radius 3 is 2.45 bits per heavy atom. The highest BCUT2D eigenvalue weighted by Gasteiger charge is 2.16. The number of thioether (sulfide) groups is 1. The summed E-state index contributed by atoms with van der Waals surface area (Å²) in [6.45, 7) is 1.19. The first-order valence-electron chi connectivity index (χ1n) is 10.1. The summed E-state index contributed by atoms with van der Waals surface area (Å²) in [6.07, 6.45) is 6.28. The molecule has 29 heavy (non-hydrogen) atoms. The zero-order chi connectivity index (χ0) is 20.5. The SMILES string of the molecule is O=C(CSc1ccccc1C(=O)NCc1ccc(Cl)cc1)NCC1CCCCC1. The van der Waals surface area contributed by atoms with Gasteiger partial charge in [-0.15, -0.1) is 11.8 Å². The van der Waals surface area contributed by atoms with E-state index in [9.17, 15) is 9.59 Å². The van der Waals surface area contributed by atoms with Crippen LogP contribution in [0.15, 0.2) is 53.4 Å². The summed E-state index contributed by atoms with van der Waals surface area (Å²) in [5, 5.41) is 6.66. The molecule has 6 heteroatoms. The van der Waals surface area contributed by atoms with Gasteiger partial charge in [0.1, 0.15) is 0 Å². The summed E-state index contributed by atoms with van der Waals surface area (Å²) in [5.41, 5.74) is 1.57. The van der Waals surface area contributed by atoms with E-state index in [0.717, 1.165) is 17.0 Å². The van der Waals surface area contributed by atoms with Crippen LogP contribution in [0.2, 0.25) is 5.02 Å².